The Balaban J connectivity index is 1.49. The molecule has 2 nitrogen and oxygen atoms in total. The maximum Gasteiger partial charge on any atom is 0.432 e. The Bertz CT molecular complexity index is 1280. The van der Waals surface area contributed by atoms with Gasteiger partial charge in [-0.15, -0.1) is 0 Å². The normalized spacial score (nSPS) is 17.9. The van der Waals surface area contributed by atoms with E-state index in [1.807, 2.05) is 6.92 Å². The van der Waals surface area contributed by atoms with Gasteiger partial charge < -0.3 is 9.47 Å². The summed E-state index contributed by atoms with van der Waals surface area (Å²) in [7, 11) is 0. The molecule has 0 bridgehead atoms. The molecular weight excluding hydrogens is 552 g/mol. The van der Waals surface area contributed by atoms with Crippen LogP contribution in [0, 0.1) is 40.8 Å². The van der Waals surface area contributed by atoms with Crippen LogP contribution >= 0.6 is 11.8 Å². The van der Waals surface area contributed by atoms with Crippen LogP contribution in [0.1, 0.15) is 42.6 Å². The number of halogens is 8. The van der Waals surface area contributed by atoms with E-state index in [2.05, 4.69) is 4.74 Å². The zero-order chi connectivity index (χ0) is 28.3. The Hall–Kier alpha value is -2.79. The van der Waals surface area contributed by atoms with Gasteiger partial charge in [-0.3, -0.25) is 0 Å². The molecule has 0 spiro atoms. The largest absolute Gasteiger partial charge is 0.432 e. The Morgan fingerprint density at radius 1 is 0.846 bits per heavy atom. The maximum absolute atomic E-state index is 14.9. The van der Waals surface area contributed by atoms with Gasteiger partial charge in [0.05, 0.1) is 0 Å². The van der Waals surface area contributed by atoms with Crippen LogP contribution in [-0.4, -0.2) is 19.0 Å². The lowest BCUT2D eigenvalue weighted by molar-refractivity contribution is -0.189. The van der Waals surface area contributed by atoms with Crippen LogP contribution in [-0.2, 0) is 10.8 Å². The minimum atomic E-state index is -4.52. The standard InChI is InChI=1S/C28H24F8O2S/c1-2-37-8-7-15-3-6-25(39-14-15)17-11-21(30)26(22(31)12-17)28(35,36)38-18-4-5-19(20(29)13-18)16-9-23(32)27(34)24(33)10-16/h4-5,9-13,15,25H,2-3,6-8,14H2,1H3. The second kappa shape index (κ2) is 12.2. The van der Waals surface area contributed by atoms with E-state index in [0.717, 1.165) is 42.9 Å². The van der Waals surface area contributed by atoms with Crippen LogP contribution < -0.4 is 4.74 Å². The Labute approximate surface area is 224 Å². The molecule has 3 aromatic carbocycles. The Morgan fingerprint density at radius 3 is 2.08 bits per heavy atom. The summed E-state index contributed by atoms with van der Waals surface area (Å²) in [6.07, 6.45) is -2.20. The summed E-state index contributed by atoms with van der Waals surface area (Å²) in [5.41, 5.74) is -2.22. The first-order valence-electron chi connectivity index (χ1n) is 12.2. The van der Waals surface area contributed by atoms with Gasteiger partial charge >= 0.3 is 6.11 Å². The van der Waals surface area contributed by atoms with Gasteiger partial charge in [0.15, 0.2) is 17.5 Å². The summed E-state index contributed by atoms with van der Waals surface area (Å²) < 4.78 is 124. The number of alkyl halides is 2. The lowest BCUT2D eigenvalue weighted by atomic mass is 9.96. The van der Waals surface area contributed by atoms with Crippen LogP contribution in [0.4, 0.5) is 35.1 Å². The maximum atomic E-state index is 14.9. The lowest BCUT2D eigenvalue weighted by Gasteiger charge is -2.29. The first kappa shape index (κ1) is 29.2. The SMILES string of the molecule is CCOCCC1CCC(c2cc(F)c(C(F)(F)Oc3ccc(-c4cc(F)c(F)c(F)c4)c(F)c3)c(F)c2)SC1. The molecule has 1 aliphatic rings. The Kier molecular flexibility index (Phi) is 9.10. The zero-order valence-electron chi connectivity index (χ0n) is 20.7. The molecule has 1 fully saturated rings. The summed E-state index contributed by atoms with van der Waals surface area (Å²) in [4.78, 5) is 0. The highest BCUT2D eigenvalue weighted by molar-refractivity contribution is 7.99. The number of rotatable bonds is 9. The van der Waals surface area contributed by atoms with E-state index in [-0.39, 0.29) is 10.8 Å². The van der Waals surface area contributed by atoms with Crippen molar-refractivity contribution >= 4 is 11.8 Å². The molecule has 2 atom stereocenters. The van der Waals surface area contributed by atoms with E-state index in [0.29, 0.717) is 43.8 Å². The summed E-state index contributed by atoms with van der Waals surface area (Å²) in [6.45, 7) is 3.17. The highest BCUT2D eigenvalue weighted by Crippen LogP contribution is 2.44. The van der Waals surface area contributed by atoms with Gasteiger partial charge in [-0.05, 0) is 85.4 Å². The first-order chi connectivity index (χ1) is 18.5. The first-order valence-corrected chi connectivity index (χ1v) is 13.2. The molecule has 3 aromatic rings. The average Bonchev–Trinajstić information content (AvgIpc) is 2.87. The molecular formula is C28H24F8O2S. The number of benzene rings is 3. The quantitative estimate of drug-likeness (QED) is 0.144. The fourth-order valence-electron chi connectivity index (χ4n) is 4.45. The topological polar surface area (TPSA) is 18.5 Å². The summed E-state index contributed by atoms with van der Waals surface area (Å²) in [5, 5.41) is -0.260. The van der Waals surface area contributed by atoms with Crippen LogP contribution in [0.2, 0.25) is 0 Å². The van der Waals surface area contributed by atoms with Gasteiger partial charge in [0.1, 0.15) is 28.8 Å². The molecule has 1 saturated heterocycles. The molecule has 1 aliphatic heterocycles. The van der Waals surface area contributed by atoms with Gasteiger partial charge in [-0.1, -0.05) is 0 Å². The Morgan fingerprint density at radius 2 is 1.51 bits per heavy atom. The number of ether oxygens (including phenoxy) is 2. The van der Waals surface area contributed by atoms with Crippen molar-refractivity contribution in [3.05, 3.63) is 88.5 Å². The van der Waals surface area contributed by atoms with Gasteiger partial charge in [0, 0.05) is 30.1 Å². The molecule has 1 heterocycles. The molecule has 0 saturated carbocycles. The smallest absolute Gasteiger partial charge is 0.429 e. The van der Waals surface area contributed by atoms with Crippen LogP contribution in [0.5, 0.6) is 5.75 Å². The molecule has 11 heteroatoms. The fourth-order valence-corrected chi connectivity index (χ4v) is 5.92. The van der Waals surface area contributed by atoms with E-state index in [9.17, 15) is 35.1 Å². The van der Waals surface area contributed by atoms with Gasteiger partial charge in [-0.25, -0.2) is 26.3 Å². The molecule has 0 aliphatic carbocycles. The third-order valence-electron chi connectivity index (χ3n) is 6.45. The minimum Gasteiger partial charge on any atom is -0.429 e. The summed E-state index contributed by atoms with van der Waals surface area (Å²) >= 11 is 1.50. The number of hydrogen-bond acceptors (Lipinski definition) is 3. The van der Waals surface area contributed by atoms with E-state index >= 15 is 0 Å². The monoisotopic (exact) mass is 576 g/mol. The third-order valence-corrected chi connectivity index (χ3v) is 8.03. The second-order valence-corrected chi connectivity index (χ2v) is 10.4. The predicted molar refractivity (Wildman–Crippen MR) is 132 cm³/mol. The van der Waals surface area contributed by atoms with E-state index in [4.69, 9.17) is 4.74 Å². The summed E-state index contributed by atoms with van der Waals surface area (Å²) in [6, 6.07) is 4.94. The molecule has 0 aromatic heterocycles. The van der Waals surface area contributed by atoms with Crippen molar-refractivity contribution in [2.24, 2.45) is 5.92 Å². The molecule has 0 amide bonds. The average molecular weight is 577 g/mol. The van der Waals surface area contributed by atoms with Crippen LogP contribution in [0.15, 0.2) is 42.5 Å². The molecule has 39 heavy (non-hydrogen) atoms. The lowest BCUT2D eigenvalue weighted by Crippen LogP contribution is -2.25. The van der Waals surface area contributed by atoms with E-state index < -0.39 is 63.5 Å². The highest BCUT2D eigenvalue weighted by atomic mass is 32.2. The summed E-state index contributed by atoms with van der Waals surface area (Å²) in [5.74, 6) is -8.80. The van der Waals surface area contributed by atoms with Crippen LogP contribution in [0.25, 0.3) is 11.1 Å². The molecule has 4 rings (SSSR count). The zero-order valence-corrected chi connectivity index (χ0v) is 21.5. The third kappa shape index (κ3) is 6.69. The van der Waals surface area contributed by atoms with Gasteiger partial charge in [-0.2, -0.15) is 20.5 Å². The van der Waals surface area contributed by atoms with E-state index in [1.54, 1.807) is 0 Å². The molecule has 0 radical (unpaired) electrons. The molecule has 210 valence electrons. The van der Waals surface area contributed by atoms with Crippen molar-refractivity contribution in [3.8, 4) is 16.9 Å². The number of thioether (sulfide) groups is 1. The second-order valence-electron chi connectivity index (χ2n) is 9.12. The van der Waals surface area contributed by atoms with Crippen molar-refractivity contribution in [2.75, 3.05) is 19.0 Å². The van der Waals surface area contributed by atoms with E-state index in [1.165, 1.54) is 11.8 Å². The van der Waals surface area contributed by atoms with Crippen molar-refractivity contribution in [3.63, 3.8) is 0 Å². The van der Waals surface area contributed by atoms with Crippen LogP contribution in [0.3, 0.4) is 0 Å². The molecule has 0 N–H and O–H groups in total. The van der Waals surface area contributed by atoms with Crippen molar-refractivity contribution in [1.29, 1.82) is 0 Å². The van der Waals surface area contributed by atoms with Gasteiger partial charge in [0.2, 0.25) is 0 Å². The van der Waals surface area contributed by atoms with Gasteiger partial charge in [0.25, 0.3) is 0 Å². The number of hydrogen-bond donors (Lipinski definition) is 0. The van der Waals surface area contributed by atoms with Crippen molar-refractivity contribution in [2.45, 2.75) is 37.5 Å². The minimum absolute atomic E-state index is 0.243. The van der Waals surface area contributed by atoms with Crippen molar-refractivity contribution in [1.82, 2.24) is 0 Å². The highest BCUT2D eigenvalue weighted by Gasteiger charge is 2.42. The van der Waals surface area contributed by atoms with Crippen molar-refractivity contribution < 1.29 is 44.6 Å². The molecule has 2 unspecified atom stereocenters. The predicted octanol–water partition coefficient (Wildman–Crippen LogP) is 8.93. The fraction of sp³-hybridized carbons (Fsp3) is 0.357.